The Morgan fingerprint density at radius 2 is 2.07 bits per heavy atom. The second-order valence-corrected chi connectivity index (χ2v) is 4.88. The normalized spacial score (nSPS) is 18.8. The van der Waals surface area contributed by atoms with Gasteiger partial charge < -0.3 is 10.1 Å². The van der Waals surface area contributed by atoms with Gasteiger partial charge in [-0.1, -0.05) is 19.3 Å². The van der Waals surface area contributed by atoms with Crippen molar-refractivity contribution in [2.75, 3.05) is 20.3 Å². The van der Waals surface area contributed by atoms with E-state index in [1.54, 1.807) is 0 Å². The molecule has 0 aromatic heterocycles. The van der Waals surface area contributed by atoms with Crippen molar-refractivity contribution in [2.24, 2.45) is 5.92 Å². The van der Waals surface area contributed by atoms with Crippen LogP contribution >= 0.6 is 0 Å². The van der Waals surface area contributed by atoms with Gasteiger partial charge in [-0.3, -0.25) is 0 Å². The molecule has 0 heterocycles. The van der Waals surface area contributed by atoms with E-state index in [1.165, 1.54) is 44.9 Å². The SMILES string of the molecule is CNC(C)CCCCOCCC1CCC1. The summed E-state index contributed by atoms with van der Waals surface area (Å²) in [5.41, 5.74) is 0. The summed E-state index contributed by atoms with van der Waals surface area (Å²) in [5, 5.41) is 3.26. The smallest absolute Gasteiger partial charge is 0.0468 e. The first-order valence-corrected chi connectivity index (χ1v) is 6.58. The molecule has 0 amide bonds. The fraction of sp³-hybridized carbons (Fsp3) is 1.00. The molecule has 2 heteroatoms. The molecule has 0 aromatic carbocycles. The first-order valence-electron chi connectivity index (χ1n) is 6.58. The van der Waals surface area contributed by atoms with Gasteiger partial charge in [0.05, 0.1) is 0 Å². The summed E-state index contributed by atoms with van der Waals surface area (Å²) in [7, 11) is 2.03. The summed E-state index contributed by atoms with van der Waals surface area (Å²) in [4.78, 5) is 0. The fourth-order valence-electron chi connectivity index (χ4n) is 1.93. The predicted molar refractivity (Wildman–Crippen MR) is 65.1 cm³/mol. The van der Waals surface area contributed by atoms with Gasteiger partial charge in [0.15, 0.2) is 0 Å². The van der Waals surface area contributed by atoms with Gasteiger partial charge in [-0.25, -0.2) is 0 Å². The van der Waals surface area contributed by atoms with Gasteiger partial charge in [0.25, 0.3) is 0 Å². The van der Waals surface area contributed by atoms with Crippen LogP contribution < -0.4 is 5.32 Å². The van der Waals surface area contributed by atoms with Crippen LogP contribution in [-0.2, 0) is 4.74 Å². The van der Waals surface area contributed by atoms with Gasteiger partial charge >= 0.3 is 0 Å². The average Bonchev–Trinajstić information content (AvgIpc) is 2.19. The molecule has 0 radical (unpaired) electrons. The molecule has 0 aliphatic heterocycles. The van der Waals surface area contributed by atoms with Crippen molar-refractivity contribution in [2.45, 2.75) is 57.9 Å². The van der Waals surface area contributed by atoms with Crippen LogP contribution in [0.4, 0.5) is 0 Å². The molecule has 0 spiro atoms. The minimum absolute atomic E-state index is 0.653. The van der Waals surface area contributed by atoms with E-state index in [2.05, 4.69) is 12.2 Å². The average molecular weight is 213 g/mol. The van der Waals surface area contributed by atoms with E-state index in [0.717, 1.165) is 19.1 Å². The maximum Gasteiger partial charge on any atom is 0.0468 e. The molecule has 2 nitrogen and oxygen atoms in total. The summed E-state index contributed by atoms with van der Waals surface area (Å²) in [6, 6.07) is 0.653. The third kappa shape index (κ3) is 6.16. The Morgan fingerprint density at radius 1 is 1.27 bits per heavy atom. The minimum Gasteiger partial charge on any atom is -0.381 e. The van der Waals surface area contributed by atoms with Gasteiger partial charge in [-0.15, -0.1) is 0 Å². The zero-order valence-corrected chi connectivity index (χ0v) is 10.4. The summed E-state index contributed by atoms with van der Waals surface area (Å²) >= 11 is 0. The second-order valence-electron chi connectivity index (χ2n) is 4.88. The van der Waals surface area contributed by atoms with E-state index in [9.17, 15) is 0 Å². The molecular weight excluding hydrogens is 186 g/mol. The van der Waals surface area contributed by atoms with Crippen molar-refractivity contribution in [1.29, 1.82) is 0 Å². The Morgan fingerprint density at radius 3 is 2.67 bits per heavy atom. The van der Waals surface area contributed by atoms with E-state index in [4.69, 9.17) is 4.74 Å². The third-order valence-corrected chi connectivity index (χ3v) is 3.56. The van der Waals surface area contributed by atoms with Gasteiger partial charge in [-0.2, -0.15) is 0 Å². The highest BCUT2D eigenvalue weighted by Crippen LogP contribution is 2.29. The lowest BCUT2D eigenvalue weighted by molar-refractivity contribution is 0.103. The Balaban J connectivity index is 1.72. The highest BCUT2D eigenvalue weighted by atomic mass is 16.5. The highest BCUT2D eigenvalue weighted by Gasteiger charge is 2.16. The first-order chi connectivity index (χ1) is 7.33. The van der Waals surface area contributed by atoms with Gasteiger partial charge in [-0.05, 0) is 45.6 Å². The second kappa shape index (κ2) is 8.12. The van der Waals surface area contributed by atoms with Crippen LogP contribution in [0.1, 0.15) is 51.9 Å². The largest absolute Gasteiger partial charge is 0.381 e. The molecule has 1 rings (SSSR count). The minimum atomic E-state index is 0.653. The predicted octanol–water partition coefficient (Wildman–Crippen LogP) is 2.97. The lowest BCUT2D eigenvalue weighted by Crippen LogP contribution is -2.20. The van der Waals surface area contributed by atoms with Crippen molar-refractivity contribution < 1.29 is 4.74 Å². The van der Waals surface area contributed by atoms with E-state index >= 15 is 0 Å². The zero-order chi connectivity index (χ0) is 10.9. The molecule has 1 aliphatic rings. The molecule has 0 saturated heterocycles. The van der Waals surface area contributed by atoms with Crippen molar-refractivity contribution in [1.82, 2.24) is 5.32 Å². The van der Waals surface area contributed by atoms with Crippen molar-refractivity contribution >= 4 is 0 Å². The number of hydrogen-bond donors (Lipinski definition) is 1. The number of nitrogens with one attached hydrogen (secondary N) is 1. The summed E-state index contributed by atoms with van der Waals surface area (Å²) in [5.74, 6) is 0.995. The third-order valence-electron chi connectivity index (χ3n) is 3.56. The van der Waals surface area contributed by atoms with Crippen LogP contribution in [0.25, 0.3) is 0 Å². The van der Waals surface area contributed by atoms with Crippen LogP contribution in [0.5, 0.6) is 0 Å². The molecule has 1 saturated carbocycles. The molecule has 0 aromatic rings. The first kappa shape index (κ1) is 13.0. The van der Waals surface area contributed by atoms with Gasteiger partial charge in [0, 0.05) is 19.3 Å². The summed E-state index contributed by atoms with van der Waals surface area (Å²) in [6.45, 7) is 4.19. The number of ether oxygens (including phenoxy) is 1. The monoisotopic (exact) mass is 213 g/mol. The maximum atomic E-state index is 5.64. The number of hydrogen-bond acceptors (Lipinski definition) is 2. The van der Waals surface area contributed by atoms with E-state index in [0.29, 0.717) is 6.04 Å². The van der Waals surface area contributed by atoms with Crippen molar-refractivity contribution in [3.8, 4) is 0 Å². The Hall–Kier alpha value is -0.0800. The van der Waals surface area contributed by atoms with Gasteiger partial charge in [0.2, 0.25) is 0 Å². The van der Waals surface area contributed by atoms with Crippen molar-refractivity contribution in [3.05, 3.63) is 0 Å². The lowest BCUT2D eigenvalue weighted by Gasteiger charge is -2.24. The van der Waals surface area contributed by atoms with E-state index in [1.807, 2.05) is 7.05 Å². The molecule has 0 bridgehead atoms. The molecule has 15 heavy (non-hydrogen) atoms. The van der Waals surface area contributed by atoms with Crippen molar-refractivity contribution in [3.63, 3.8) is 0 Å². The molecule has 1 aliphatic carbocycles. The molecular formula is C13H27NO. The highest BCUT2D eigenvalue weighted by molar-refractivity contribution is 4.68. The van der Waals surface area contributed by atoms with E-state index < -0.39 is 0 Å². The fourth-order valence-corrected chi connectivity index (χ4v) is 1.93. The Kier molecular flexibility index (Phi) is 7.03. The quantitative estimate of drug-likeness (QED) is 0.595. The Labute approximate surface area is 94.8 Å². The molecule has 1 fully saturated rings. The van der Waals surface area contributed by atoms with Crippen LogP contribution in [0.15, 0.2) is 0 Å². The molecule has 1 N–H and O–H groups in total. The Bertz CT molecular complexity index is 137. The number of rotatable bonds is 9. The topological polar surface area (TPSA) is 21.3 Å². The van der Waals surface area contributed by atoms with Crippen LogP contribution in [0.2, 0.25) is 0 Å². The van der Waals surface area contributed by atoms with E-state index in [-0.39, 0.29) is 0 Å². The van der Waals surface area contributed by atoms with Crippen LogP contribution in [0.3, 0.4) is 0 Å². The number of unbranched alkanes of at least 4 members (excludes halogenated alkanes) is 1. The summed E-state index contributed by atoms with van der Waals surface area (Å²) < 4.78 is 5.64. The van der Waals surface area contributed by atoms with Crippen LogP contribution in [0, 0.1) is 5.92 Å². The molecule has 1 atom stereocenters. The van der Waals surface area contributed by atoms with Gasteiger partial charge in [0.1, 0.15) is 0 Å². The maximum absolute atomic E-state index is 5.64. The van der Waals surface area contributed by atoms with Crippen LogP contribution in [-0.4, -0.2) is 26.3 Å². The standard InChI is InChI=1S/C13H27NO/c1-12(14-2)6-3-4-10-15-11-9-13-7-5-8-13/h12-14H,3-11H2,1-2H3. The lowest BCUT2D eigenvalue weighted by atomic mass is 9.83. The summed E-state index contributed by atoms with van der Waals surface area (Å²) in [6.07, 6.45) is 9.41. The molecule has 90 valence electrons. The zero-order valence-electron chi connectivity index (χ0n) is 10.4. The molecule has 1 unspecified atom stereocenters.